The van der Waals surface area contributed by atoms with Crippen molar-refractivity contribution in [2.75, 3.05) is 20.2 Å². The number of benzene rings is 1. The number of rotatable bonds is 7. The van der Waals surface area contributed by atoms with E-state index in [0.717, 1.165) is 0 Å². The maximum atomic E-state index is 13.8. The number of aromatic nitrogens is 1. The summed E-state index contributed by atoms with van der Waals surface area (Å²) in [5, 5.41) is 2.43. The first-order valence-corrected chi connectivity index (χ1v) is 13.2. The summed E-state index contributed by atoms with van der Waals surface area (Å²) >= 11 is 4.77. The molecular weight excluding hydrogens is 537 g/mol. The average molecular weight is 558 g/mol. The lowest BCUT2D eigenvalue weighted by Gasteiger charge is -2.31. The molecule has 0 aliphatic carbocycles. The van der Waals surface area contributed by atoms with Gasteiger partial charge in [-0.15, -0.1) is 11.3 Å². The number of nitrogens with one attached hydrogen (secondary N) is 2. The van der Waals surface area contributed by atoms with Crippen molar-refractivity contribution < 1.29 is 22.3 Å². The number of hydrogen-bond acceptors (Lipinski definition) is 8. The van der Waals surface area contributed by atoms with Crippen LogP contribution in [0.2, 0.25) is 0 Å². The number of thiazole rings is 1. The first-order valence-electron chi connectivity index (χ1n) is 10.0. The van der Waals surface area contributed by atoms with Crippen LogP contribution in [0.5, 0.6) is 0 Å². The Bertz CT molecular complexity index is 1230. The van der Waals surface area contributed by atoms with Gasteiger partial charge in [0, 0.05) is 47.8 Å². The lowest BCUT2D eigenvalue weighted by atomic mass is 9.94. The molecule has 0 spiro atoms. The third-order valence-corrected chi connectivity index (χ3v) is 7.86. The van der Waals surface area contributed by atoms with Crippen LogP contribution >= 0.6 is 27.3 Å². The van der Waals surface area contributed by atoms with Crippen molar-refractivity contribution in [2.24, 2.45) is 4.99 Å². The molecule has 1 aromatic heterocycles. The fourth-order valence-corrected chi connectivity index (χ4v) is 5.79. The Kier molecular flexibility index (Phi) is 6.96. The highest BCUT2D eigenvalue weighted by Gasteiger charge is 2.43. The predicted molar refractivity (Wildman–Crippen MR) is 125 cm³/mol. The van der Waals surface area contributed by atoms with Crippen LogP contribution in [0, 0.1) is 5.82 Å². The lowest BCUT2D eigenvalue weighted by molar-refractivity contribution is -0.139. The van der Waals surface area contributed by atoms with Gasteiger partial charge in [0.2, 0.25) is 0 Å². The van der Waals surface area contributed by atoms with Gasteiger partial charge >= 0.3 is 5.97 Å². The zero-order valence-electron chi connectivity index (χ0n) is 17.7. The normalized spacial score (nSPS) is 20.6. The molecule has 1 fully saturated rings. The molecule has 2 aromatic rings. The minimum absolute atomic E-state index is 0.159. The Hall–Kier alpha value is -2.19. The Morgan fingerprint density at radius 3 is 2.85 bits per heavy atom. The molecule has 9 nitrogen and oxygen atoms in total. The van der Waals surface area contributed by atoms with E-state index < -0.39 is 34.1 Å². The van der Waals surface area contributed by atoms with Gasteiger partial charge in [0.05, 0.1) is 12.2 Å². The second kappa shape index (κ2) is 9.58. The first kappa shape index (κ1) is 24.0. The summed E-state index contributed by atoms with van der Waals surface area (Å²) in [6.45, 7) is 2.12. The highest BCUT2D eigenvalue weighted by atomic mass is 79.9. The van der Waals surface area contributed by atoms with Gasteiger partial charge < -0.3 is 9.64 Å². The SMILES string of the molecule is CCOC(=O)C1=C2C[C@H](NS(=O)(=O)NC)CN2C(c2nccs2)=N[C@H]1c1ccc(F)cc1Br. The van der Waals surface area contributed by atoms with Crippen molar-refractivity contribution in [2.45, 2.75) is 25.4 Å². The molecule has 0 amide bonds. The number of aliphatic imine (C=N–C) groups is 1. The number of hydrogen-bond donors (Lipinski definition) is 2. The summed E-state index contributed by atoms with van der Waals surface area (Å²) in [7, 11) is -2.39. The van der Waals surface area contributed by atoms with Crippen molar-refractivity contribution in [1.29, 1.82) is 0 Å². The van der Waals surface area contributed by atoms with Gasteiger partial charge in [0.1, 0.15) is 11.9 Å². The van der Waals surface area contributed by atoms with Crippen molar-refractivity contribution in [3.8, 4) is 0 Å². The average Bonchev–Trinajstić information content (AvgIpc) is 3.42. The van der Waals surface area contributed by atoms with Crippen LogP contribution in [0.15, 0.2) is 50.5 Å². The maximum absolute atomic E-state index is 13.8. The fraction of sp³-hybridized carbons (Fsp3) is 0.350. The minimum atomic E-state index is -3.71. The van der Waals surface area contributed by atoms with E-state index in [4.69, 9.17) is 9.73 Å². The van der Waals surface area contributed by atoms with Crippen LogP contribution in [0.4, 0.5) is 4.39 Å². The van der Waals surface area contributed by atoms with Crippen LogP contribution in [0.25, 0.3) is 0 Å². The summed E-state index contributed by atoms with van der Waals surface area (Å²) in [6, 6.07) is 2.88. The first-order chi connectivity index (χ1) is 15.7. The van der Waals surface area contributed by atoms with Gasteiger partial charge in [-0.1, -0.05) is 22.0 Å². The largest absolute Gasteiger partial charge is 0.463 e. The number of carbonyl (C=O) groups is 1. The zero-order chi connectivity index (χ0) is 23.8. The number of esters is 1. The van der Waals surface area contributed by atoms with E-state index in [9.17, 15) is 17.6 Å². The topological polar surface area (TPSA) is 113 Å². The van der Waals surface area contributed by atoms with E-state index in [1.54, 1.807) is 19.2 Å². The molecule has 1 aromatic carbocycles. The number of ether oxygens (including phenoxy) is 1. The molecule has 0 unspecified atom stereocenters. The molecule has 0 saturated carbocycles. The number of amidine groups is 1. The third-order valence-electron chi connectivity index (χ3n) is 5.23. The van der Waals surface area contributed by atoms with Gasteiger partial charge in [0.25, 0.3) is 10.2 Å². The monoisotopic (exact) mass is 557 g/mol. The minimum Gasteiger partial charge on any atom is -0.463 e. The Morgan fingerprint density at radius 2 is 2.21 bits per heavy atom. The van der Waals surface area contributed by atoms with Crippen LogP contribution in [-0.4, -0.2) is 56.3 Å². The smallest absolute Gasteiger partial charge is 0.338 e. The van der Waals surface area contributed by atoms with Gasteiger partial charge in [-0.3, -0.25) is 4.99 Å². The molecule has 0 bridgehead atoms. The Balaban J connectivity index is 1.88. The van der Waals surface area contributed by atoms with Gasteiger partial charge in [-0.25, -0.2) is 18.9 Å². The fourth-order valence-electron chi connectivity index (χ4n) is 3.87. The van der Waals surface area contributed by atoms with Crippen LogP contribution in [0.3, 0.4) is 0 Å². The molecule has 13 heteroatoms. The molecule has 1 saturated heterocycles. The quantitative estimate of drug-likeness (QED) is 0.505. The van der Waals surface area contributed by atoms with E-state index >= 15 is 0 Å². The van der Waals surface area contributed by atoms with Crippen LogP contribution in [0.1, 0.15) is 30.0 Å². The molecule has 2 aliphatic heterocycles. The van der Waals surface area contributed by atoms with E-state index in [2.05, 4.69) is 30.4 Å². The van der Waals surface area contributed by atoms with Crippen molar-refractivity contribution in [1.82, 2.24) is 19.3 Å². The standard InChI is InChI=1S/C20H21BrFN5O4S2/c1-3-31-20(28)16-15-9-12(26-33(29,30)23-2)10-27(15)18(19-24-6-7-32-19)25-17(16)13-5-4-11(22)8-14(13)21/h4-8,12,17,23,26H,3,9-10H2,1-2H3/t12-,17-/m0/s1. The Morgan fingerprint density at radius 1 is 1.42 bits per heavy atom. The number of nitrogens with zero attached hydrogens (tertiary/aromatic N) is 3. The van der Waals surface area contributed by atoms with Crippen LogP contribution in [-0.2, 0) is 19.7 Å². The summed E-state index contributed by atoms with van der Waals surface area (Å²) in [5.74, 6) is -0.474. The number of carbonyl (C=O) groups excluding carboxylic acids is 1. The van der Waals surface area contributed by atoms with Gasteiger partial charge in [0.15, 0.2) is 10.8 Å². The van der Waals surface area contributed by atoms with E-state index in [1.807, 2.05) is 10.3 Å². The molecule has 3 heterocycles. The summed E-state index contributed by atoms with van der Waals surface area (Å²) in [6.07, 6.45) is 1.89. The highest BCUT2D eigenvalue weighted by molar-refractivity contribution is 9.10. The van der Waals surface area contributed by atoms with Crippen molar-refractivity contribution >= 4 is 49.3 Å². The summed E-state index contributed by atoms with van der Waals surface area (Å²) in [4.78, 5) is 24.1. The third kappa shape index (κ3) is 4.87. The number of halogens is 2. The second-order valence-electron chi connectivity index (χ2n) is 7.28. The lowest BCUT2D eigenvalue weighted by Crippen LogP contribution is -2.43. The van der Waals surface area contributed by atoms with E-state index in [1.165, 1.54) is 30.5 Å². The molecule has 2 N–H and O–H groups in total. The number of fused-ring (bicyclic) bond motifs is 1. The second-order valence-corrected chi connectivity index (χ2v) is 10.7. The van der Waals surface area contributed by atoms with Crippen molar-refractivity contribution in [3.63, 3.8) is 0 Å². The molecule has 2 atom stereocenters. The summed E-state index contributed by atoms with van der Waals surface area (Å²) in [5.41, 5.74) is 1.47. The Labute approximate surface area is 203 Å². The van der Waals surface area contributed by atoms with E-state index in [0.29, 0.717) is 26.6 Å². The van der Waals surface area contributed by atoms with Crippen molar-refractivity contribution in [3.05, 3.63) is 61.9 Å². The van der Waals surface area contributed by atoms with E-state index in [-0.39, 0.29) is 25.1 Å². The summed E-state index contributed by atoms with van der Waals surface area (Å²) < 4.78 is 48.7. The van der Waals surface area contributed by atoms with Crippen LogP contribution < -0.4 is 9.44 Å². The maximum Gasteiger partial charge on any atom is 0.338 e. The predicted octanol–water partition coefficient (Wildman–Crippen LogP) is 2.49. The molecular formula is C20H21BrFN5O4S2. The zero-order valence-corrected chi connectivity index (χ0v) is 20.9. The van der Waals surface area contributed by atoms with Gasteiger partial charge in [-0.2, -0.15) is 13.1 Å². The molecule has 33 heavy (non-hydrogen) atoms. The molecule has 2 aliphatic rings. The highest BCUT2D eigenvalue weighted by Crippen LogP contribution is 2.42. The molecule has 0 radical (unpaired) electrons. The molecule has 176 valence electrons. The molecule has 4 rings (SSSR count). The van der Waals surface area contributed by atoms with Gasteiger partial charge in [-0.05, 0) is 24.6 Å².